The van der Waals surface area contributed by atoms with Crippen molar-refractivity contribution in [2.24, 2.45) is 0 Å². The SMILES string of the molecule is S=C(Nc1ccccc1)Nc1ccccc1.[Cu]. The van der Waals surface area contributed by atoms with E-state index in [1.807, 2.05) is 60.7 Å². The van der Waals surface area contributed by atoms with Crippen molar-refractivity contribution in [3.63, 3.8) is 0 Å². The Morgan fingerprint density at radius 2 is 1.06 bits per heavy atom. The third kappa shape index (κ3) is 4.57. The summed E-state index contributed by atoms with van der Waals surface area (Å²) in [6, 6.07) is 19.7. The van der Waals surface area contributed by atoms with Crippen LogP contribution in [0.1, 0.15) is 0 Å². The first kappa shape index (κ1) is 13.7. The minimum Gasteiger partial charge on any atom is -0.332 e. The predicted octanol–water partition coefficient (Wildman–Crippen LogP) is 3.49. The van der Waals surface area contributed by atoms with Gasteiger partial charge in [-0.25, -0.2) is 0 Å². The van der Waals surface area contributed by atoms with Crippen molar-refractivity contribution in [2.75, 3.05) is 10.6 Å². The van der Waals surface area contributed by atoms with Gasteiger partial charge >= 0.3 is 0 Å². The van der Waals surface area contributed by atoms with E-state index >= 15 is 0 Å². The molecule has 1 radical (unpaired) electrons. The van der Waals surface area contributed by atoms with Gasteiger partial charge in [0.2, 0.25) is 0 Å². The average molecular weight is 292 g/mol. The standard InChI is InChI=1S/C13H12N2S.Cu/c16-13(14-11-7-3-1-4-8-11)15-12-9-5-2-6-10-12;/h1-10H,(H2,14,15,16);. The van der Waals surface area contributed by atoms with Crippen molar-refractivity contribution in [2.45, 2.75) is 0 Å². The Hall–Kier alpha value is -1.35. The Morgan fingerprint density at radius 3 is 1.41 bits per heavy atom. The first-order valence-electron chi connectivity index (χ1n) is 5.03. The molecule has 0 aromatic heterocycles. The molecular weight excluding hydrogens is 280 g/mol. The molecule has 0 saturated heterocycles. The van der Waals surface area contributed by atoms with Crippen LogP contribution in [-0.4, -0.2) is 5.11 Å². The van der Waals surface area contributed by atoms with Crippen molar-refractivity contribution in [1.82, 2.24) is 0 Å². The van der Waals surface area contributed by atoms with Gasteiger partial charge in [-0.2, -0.15) is 0 Å². The van der Waals surface area contributed by atoms with Crippen LogP contribution in [0.5, 0.6) is 0 Å². The third-order valence-electron chi connectivity index (χ3n) is 2.06. The van der Waals surface area contributed by atoms with Crippen LogP contribution in [0.15, 0.2) is 60.7 Å². The van der Waals surface area contributed by atoms with E-state index in [1.54, 1.807) is 0 Å². The van der Waals surface area contributed by atoms with Crippen molar-refractivity contribution in [3.8, 4) is 0 Å². The number of hydrogen-bond acceptors (Lipinski definition) is 1. The molecule has 2 aromatic carbocycles. The summed E-state index contributed by atoms with van der Waals surface area (Å²) < 4.78 is 0. The van der Waals surface area contributed by atoms with Gasteiger partial charge in [0, 0.05) is 28.4 Å². The maximum absolute atomic E-state index is 5.20. The van der Waals surface area contributed by atoms with E-state index in [4.69, 9.17) is 12.2 Å². The molecule has 0 unspecified atom stereocenters. The zero-order valence-corrected chi connectivity index (χ0v) is 10.7. The van der Waals surface area contributed by atoms with Crippen molar-refractivity contribution < 1.29 is 17.1 Å². The molecule has 0 aliphatic carbocycles. The molecular formula is C13H12CuN2S. The van der Waals surface area contributed by atoms with E-state index in [-0.39, 0.29) is 17.1 Å². The summed E-state index contributed by atoms with van der Waals surface area (Å²) in [6.07, 6.45) is 0. The van der Waals surface area contributed by atoms with Gasteiger partial charge in [0.15, 0.2) is 5.11 Å². The fraction of sp³-hybridized carbons (Fsp3) is 0. The Morgan fingerprint density at radius 1 is 0.706 bits per heavy atom. The Labute approximate surface area is 117 Å². The zero-order chi connectivity index (χ0) is 11.2. The quantitative estimate of drug-likeness (QED) is 0.654. The van der Waals surface area contributed by atoms with Gasteiger partial charge in [-0.3, -0.25) is 0 Å². The minimum absolute atomic E-state index is 0. The summed E-state index contributed by atoms with van der Waals surface area (Å²) in [6.45, 7) is 0. The van der Waals surface area contributed by atoms with Crippen LogP contribution in [0.25, 0.3) is 0 Å². The summed E-state index contributed by atoms with van der Waals surface area (Å²) in [7, 11) is 0. The molecule has 0 atom stereocenters. The molecule has 2 N–H and O–H groups in total. The second-order valence-electron chi connectivity index (χ2n) is 3.31. The fourth-order valence-electron chi connectivity index (χ4n) is 1.34. The maximum atomic E-state index is 5.20. The number of para-hydroxylation sites is 2. The van der Waals surface area contributed by atoms with Gasteiger partial charge < -0.3 is 10.6 Å². The normalized spacial score (nSPS) is 8.94. The minimum atomic E-state index is 0. The van der Waals surface area contributed by atoms with Gasteiger partial charge in [0.1, 0.15) is 0 Å². The number of nitrogens with one attached hydrogen (secondary N) is 2. The van der Waals surface area contributed by atoms with E-state index < -0.39 is 0 Å². The van der Waals surface area contributed by atoms with E-state index in [2.05, 4.69) is 10.6 Å². The number of rotatable bonds is 2. The Kier molecular flexibility index (Phi) is 5.70. The van der Waals surface area contributed by atoms with E-state index in [0.717, 1.165) is 11.4 Å². The summed E-state index contributed by atoms with van der Waals surface area (Å²) in [5, 5.41) is 6.82. The van der Waals surface area contributed by atoms with Gasteiger partial charge in [0.25, 0.3) is 0 Å². The monoisotopic (exact) mass is 291 g/mol. The Balaban J connectivity index is 0.00000144. The molecule has 0 aliphatic rings. The topological polar surface area (TPSA) is 24.1 Å². The molecule has 0 heterocycles. The zero-order valence-electron chi connectivity index (χ0n) is 8.98. The van der Waals surface area contributed by atoms with Crippen molar-refractivity contribution >= 4 is 28.7 Å². The summed E-state index contributed by atoms with van der Waals surface area (Å²) >= 11 is 5.20. The van der Waals surface area contributed by atoms with E-state index in [0.29, 0.717) is 5.11 Å². The maximum Gasteiger partial charge on any atom is 0.175 e. The number of anilines is 2. The molecule has 91 valence electrons. The van der Waals surface area contributed by atoms with Crippen LogP contribution >= 0.6 is 12.2 Å². The number of benzene rings is 2. The van der Waals surface area contributed by atoms with Crippen LogP contribution < -0.4 is 10.6 Å². The van der Waals surface area contributed by atoms with Gasteiger partial charge in [0.05, 0.1) is 0 Å². The van der Waals surface area contributed by atoms with Gasteiger partial charge in [-0.05, 0) is 36.5 Å². The van der Waals surface area contributed by atoms with E-state index in [1.165, 1.54) is 0 Å². The van der Waals surface area contributed by atoms with Crippen LogP contribution in [-0.2, 0) is 17.1 Å². The first-order chi connectivity index (χ1) is 7.84. The average Bonchev–Trinajstić information content (AvgIpc) is 2.31. The Bertz CT molecular complexity index is 416. The van der Waals surface area contributed by atoms with Crippen LogP contribution in [0, 0.1) is 0 Å². The fourth-order valence-corrected chi connectivity index (χ4v) is 1.57. The largest absolute Gasteiger partial charge is 0.332 e. The number of thiocarbonyl (C=S) groups is 1. The van der Waals surface area contributed by atoms with Crippen LogP contribution in [0.4, 0.5) is 11.4 Å². The van der Waals surface area contributed by atoms with Crippen LogP contribution in [0.2, 0.25) is 0 Å². The van der Waals surface area contributed by atoms with Gasteiger partial charge in [-0.15, -0.1) is 0 Å². The molecule has 2 rings (SSSR count). The smallest absolute Gasteiger partial charge is 0.175 e. The second kappa shape index (κ2) is 7.07. The molecule has 0 aliphatic heterocycles. The molecule has 0 spiro atoms. The molecule has 0 fully saturated rings. The molecule has 0 bridgehead atoms. The molecule has 2 nitrogen and oxygen atoms in total. The third-order valence-corrected chi connectivity index (χ3v) is 2.27. The molecule has 2 aromatic rings. The second-order valence-corrected chi connectivity index (χ2v) is 3.72. The first-order valence-corrected chi connectivity index (χ1v) is 5.43. The number of hydrogen-bond donors (Lipinski definition) is 2. The van der Waals surface area contributed by atoms with Crippen LogP contribution in [0.3, 0.4) is 0 Å². The molecule has 0 saturated carbocycles. The van der Waals surface area contributed by atoms with Gasteiger partial charge in [-0.1, -0.05) is 36.4 Å². The predicted molar refractivity (Wildman–Crippen MR) is 72.7 cm³/mol. The molecule has 17 heavy (non-hydrogen) atoms. The summed E-state index contributed by atoms with van der Waals surface area (Å²) in [4.78, 5) is 0. The van der Waals surface area contributed by atoms with Crippen molar-refractivity contribution in [1.29, 1.82) is 0 Å². The molecule has 4 heteroatoms. The summed E-state index contributed by atoms with van der Waals surface area (Å²) in [5.74, 6) is 0. The van der Waals surface area contributed by atoms with Crippen molar-refractivity contribution in [3.05, 3.63) is 60.7 Å². The molecule has 0 amide bonds. The summed E-state index contributed by atoms with van der Waals surface area (Å²) in [5.41, 5.74) is 1.96. The van der Waals surface area contributed by atoms with E-state index in [9.17, 15) is 0 Å².